The van der Waals surface area contributed by atoms with Gasteiger partial charge in [-0.25, -0.2) is 24.4 Å². The fraction of sp³-hybridized carbons (Fsp3) is 0.464. The summed E-state index contributed by atoms with van der Waals surface area (Å²) in [5.41, 5.74) is 1.68. The molecular formula is C28H36Br2N4O6S2. The Bertz CT molecular complexity index is 1270. The summed E-state index contributed by atoms with van der Waals surface area (Å²) >= 11 is 2.90. The summed E-state index contributed by atoms with van der Waals surface area (Å²) in [6.45, 7) is 6.18. The molecule has 0 unspecified atom stereocenters. The number of nitrogens with one attached hydrogen (secondary N) is 1. The smallest absolute Gasteiger partial charge is 0.410 e. The standard InChI is InChI=1S/C18H20N2O4S.C10H14N2O2S.2BrH/c1-2-23-17(21)14-12-25-16(19-14)15-9-6-10-20(15)18(22)24-11-13-7-4-3-5-8-13;1-2-14-10(13)8-6-15-9(12-8)7-4-3-5-11-7;;/h3-5,7-8,12,15H,2,6,9-11H2,1H3;6-7,11H,2-5H2,1H3;2*1H/t15-;7-;;/m00../s1. The van der Waals surface area contributed by atoms with Crippen molar-refractivity contribution >= 4 is 74.7 Å². The lowest BCUT2D eigenvalue weighted by molar-refractivity contribution is 0.0510. The van der Waals surface area contributed by atoms with E-state index < -0.39 is 5.97 Å². The number of rotatable bonds is 8. The van der Waals surface area contributed by atoms with E-state index in [0.29, 0.717) is 37.2 Å². The number of carbonyl (C=O) groups excluding carboxylic acids is 3. The number of thiazole rings is 2. The topological polar surface area (TPSA) is 120 Å². The second-order valence-electron chi connectivity index (χ2n) is 9.12. The van der Waals surface area contributed by atoms with Crippen molar-refractivity contribution in [2.75, 3.05) is 26.3 Å². The molecule has 0 bridgehead atoms. The van der Waals surface area contributed by atoms with Crippen molar-refractivity contribution in [3.05, 3.63) is 68.1 Å². The molecule has 1 N–H and O–H groups in total. The zero-order chi connectivity index (χ0) is 28.3. The molecule has 2 aromatic heterocycles. The first kappa shape index (κ1) is 35.8. The van der Waals surface area contributed by atoms with Gasteiger partial charge in [0.2, 0.25) is 0 Å². The summed E-state index contributed by atoms with van der Waals surface area (Å²) in [7, 11) is 0. The Hall–Kier alpha value is -2.39. The van der Waals surface area contributed by atoms with Crippen molar-refractivity contribution in [2.24, 2.45) is 0 Å². The number of ether oxygens (including phenoxy) is 3. The van der Waals surface area contributed by atoms with Gasteiger partial charge in [0.25, 0.3) is 0 Å². The molecule has 5 rings (SSSR count). The van der Waals surface area contributed by atoms with Crippen molar-refractivity contribution in [3.8, 4) is 0 Å². The van der Waals surface area contributed by atoms with Crippen molar-refractivity contribution in [1.82, 2.24) is 20.2 Å². The molecule has 14 heteroatoms. The molecule has 3 aromatic rings. The number of benzene rings is 1. The van der Waals surface area contributed by atoms with Crippen molar-refractivity contribution in [3.63, 3.8) is 0 Å². The largest absolute Gasteiger partial charge is 0.461 e. The summed E-state index contributed by atoms with van der Waals surface area (Å²) in [5.74, 6) is -0.751. The van der Waals surface area contributed by atoms with Crippen LogP contribution in [0.3, 0.4) is 0 Å². The van der Waals surface area contributed by atoms with E-state index in [-0.39, 0.29) is 58.7 Å². The van der Waals surface area contributed by atoms with Gasteiger partial charge in [0.15, 0.2) is 11.4 Å². The summed E-state index contributed by atoms with van der Waals surface area (Å²) < 4.78 is 15.3. The number of likely N-dealkylation sites (tertiary alicyclic amines) is 1. The van der Waals surface area contributed by atoms with Crippen LogP contribution in [0.25, 0.3) is 0 Å². The number of nitrogens with zero attached hydrogens (tertiary/aromatic N) is 3. The van der Waals surface area contributed by atoms with Gasteiger partial charge in [0, 0.05) is 17.3 Å². The van der Waals surface area contributed by atoms with E-state index in [1.165, 1.54) is 29.1 Å². The van der Waals surface area contributed by atoms with E-state index in [9.17, 15) is 14.4 Å². The Morgan fingerprint density at radius 1 is 0.881 bits per heavy atom. The molecule has 0 radical (unpaired) electrons. The lowest BCUT2D eigenvalue weighted by atomic mass is 10.2. The van der Waals surface area contributed by atoms with Crippen LogP contribution < -0.4 is 5.32 Å². The maximum atomic E-state index is 12.4. The van der Waals surface area contributed by atoms with Crippen LogP contribution in [-0.2, 0) is 20.8 Å². The van der Waals surface area contributed by atoms with E-state index in [2.05, 4.69) is 15.3 Å². The molecule has 4 heterocycles. The Morgan fingerprint density at radius 3 is 2.10 bits per heavy atom. The highest BCUT2D eigenvalue weighted by Gasteiger charge is 2.33. The van der Waals surface area contributed by atoms with E-state index in [1.807, 2.05) is 30.3 Å². The first-order chi connectivity index (χ1) is 19.5. The van der Waals surface area contributed by atoms with E-state index in [4.69, 9.17) is 14.2 Å². The van der Waals surface area contributed by atoms with Gasteiger partial charge in [-0.15, -0.1) is 56.6 Å². The highest BCUT2D eigenvalue weighted by Crippen LogP contribution is 2.34. The molecular weight excluding hydrogens is 712 g/mol. The average molecular weight is 749 g/mol. The number of hydrogen-bond donors (Lipinski definition) is 1. The lowest BCUT2D eigenvalue weighted by Gasteiger charge is -2.22. The summed E-state index contributed by atoms with van der Waals surface area (Å²) in [4.78, 5) is 45.9. The quantitative estimate of drug-likeness (QED) is 0.199. The van der Waals surface area contributed by atoms with Crippen LogP contribution in [-0.4, -0.2) is 59.2 Å². The number of esters is 2. The first-order valence-electron chi connectivity index (χ1n) is 13.5. The van der Waals surface area contributed by atoms with Crippen LogP contribution >= 0.6 is 56.6 Å². The summed E-state index contributed by atoms with van der Waals surface area (Å²) in [5, 5.41) is 8.55. The predicted molar refractivity (Wildman–Crippen MR) is 172 cm³/mol. The zero-order valence-corrected chi connectivity index (χ0v) is 28.5. The van der Waals surface area contributed by atoms with Gasteiger partial charge >= 0.3 is 18.0 Å². The second kappa shape index (κ2) is 18.3. The van der Waals surface area contributed by atoms with Crippen LogP contribution in [0.15, 0.2) is 41.1 Å². The number of aromatic nitrogens is 2. The Kier molecular flexibility index (Phi) is 15.6. The molecule has 2 aliphatic heterocycles. The molecule has 1 amide bonds. The molecule has 0 spiro atoms. The lowest BCUT2D eigenvalue weighted by Crippen LogP contribution is -2.31. The molecule has 1 aromatic carbocycles. The minimum Gasteiger partial charge on any atom is -0.461 e. The second-order valence-corrected chi connectivity index (χ2v) is 10.9. The van der Waals surface area contributed by atoms with Crippen LogP contribution in [0.2, 0.25) is 0 Å². The van der Waals surface area contributed by atoms with E-state index in [1.54, 1.807) is 29.5 Å². The highest BCUT2D eigenvalue weighted by atomic mass is 79.9. The van der Waals surface area contributed by atoms with E-state index >= 15 is 0 Å². The number of carbonyl (C=O) groups is 3. The van der Waals surface area contributed by atoms with Gasteiger partial charge in [-0.05, 0) is 51.6 Å². The van der Waals surface area contributed by atoms with Gasteiger partial charge < -0.3 is 19.5 Å². The summed E-state index contributed by atoms with van der Waals surface area (Å²) in [6, 6.07) is 9.77. The normalized spacial score (nSPS) is 17.2. The maximum absolute atomic E-state index is 12.4. The van der Waals surface area contributed by atoms with E-state index in [0.717, 1.165) is 41.4 Å². The predicted octanol–water partition coefficient (Wildman–Crippen LogP) is 6.69. The van der Waals surface area contributed by atoms with Crippen LogP contribution in [0.5, 0.6) is 0 Å². The van der Waals surface area contributed by atoms with Crippen LogP contribution in [0, 0.1) is 0 Å². The minimum atomic E-state index is -0.429. The average Bonchev–Trinajstić information content (AvgIpc) is 3.79. The number of amides is 1. The molecule has 2 saturated heterocycles. The van der Waals surface area contributed by atoms with Crippen molar-refractivity contribution in [2.45, 2.75) is 58.2 Å². The van der Waals surface area contributed by atoms with Crippen molar-refractivity contribution in [1.29, 1.82) is 0 Å². The van der Waals surface area contributed by atoms with Gasteiger partial charge in [0.1, 0.15) is 16.6 Å². The zero-order valence-electron chi connectivity index (χ0n) is 23.5. The highest BCUT2D eigenvalue weighted by molar-refractivity contribution is 8.93. The molecule has 0 aliphatic carbocycles. The molecule has 2 fully saturated rings. The minimum absolute atomic E-state index is 0. The fourth-order valence-corrected chi connectivity index (χ4v) is 6.26. The third-order valence-electron chi connectivity index (χ3n) is 6.35. The van der Waals surface area contributed by atoms with Crippen LogP contribution in [0.4, 0.5) is 4.79 Å². The van der Waals surface area contributed by atoms with Gasteiger partial charge in [-0.3, -0.25) is 4.90 Å². The van der Waals surface area contributed by atoms with Gasteiger partial charge in [-0.1, -0.05) is 30.3 Å². The van der Waals surface area contributed by atoms with Gasteiger partial charge in [-0.2, -0.15) is 0 Å². The fourth-order valence-electron chi connectivity index (χ4n) is 4.43. The summed E-state index contributed by atoms with van der Waals surface area (Å²) in [6.07, 6.45) is 3.64. The Balaban J connectivity index is 0.000000313. The molecule has 230 valence electrons. The molecule has 2 atom stereocenters. The van der Waals surface area contributed by atoms with Crippen molar-refractivity contribution < 1.29 is 28.6 Å². The monoisotopic (exact) mass is 746 g/mol. The molecule has 10 nitrogen and oxygen atoms in total. The Labute approximate surface area is 274 Å². The van der Waals surface area contributed by atoms with Gasteiger partial charge in [0.05, 0.1) is 25.3 Å². The molecule has 2 aliphatic rings. The maximum Gasteiger partial charge on any atom is 0.410 e. The third-order valence-corrected chi connectivity index (χ3v) is 8.25. The molecule has 0 saturated carbocycles. The molecule has 42 heavy (non-hydrogen) atoms. The Morgan fingerprint density at radius 2 is 1.50 bits per heavy atom. The number of hydrogen-bond acceptors (Lipinski definition) is 11. The third kappa shape index (κ3) is 9.83. The first-order valence-corrected chi connectivity index (χ1v) is 15.2. The number of halogens is 2. The SMILES string of the molecule is Br.Br.CCOC(=O)c1csc([C@@H]2CCCN2)n1.CCOC(=O)c1csc([C@@H]2CCCN2C(=O)OCc2ccccc2)n1. The van der Waals surface area contributed by atoms with Crippen LogP contribution in [0.1, 0.15) is 88.2 Å².